The molecule has 3 aromatic rings. The van der Waals surface area contributed by atoms with Crippen LogP contribution in [0, 0.1) is 0 Å². The highest BCUT2D eigenvalue weighted by Gasteiger charge is 2.12. The molecule has 1 fully saturated rings. The van der Waals surface area contributed by atoms with Gasteiger partial charge in [-0.25, -0.2) is 0 Å². The van der Waals surface area contributed by atoms with Gasteiger partial charge in [0.2, 0.25) is 17.5 Å². The second-order valence-corrected chi connectivity index (χ2v) is 5.89. The van der Waals surface area contributed by atoms with Crippen LogP contribution in [-0.4, -0.2) is 46.1 Å². The summed E-state index contributed by atoms with van der Waals surface area (Å²) in [6.45, 7) is 3.29. The molecule has 0 amide bonds. The van der Waals surface area contributed by atoms with Gasteiger partial charge in [-0.15, -0.1) is 5.10 Å². The summed E-state index contributed by atoms with van der Waals surface area (Å²) in [5.74, 6) is 0.560. The molecule has 0 spiro atoms. The Morgan fingerprint density at radius 2 is 1.88 bits per heavy atom. The quantitative estimate of drug-likeness (QED) is 0.644. The van der Waals surface area contributed by atoms with E-state index in [2.05, 4.69) is 25.3 Å². The molecule has 4 rings (SSSR count). The van der Waals surface area contributed by atoms with Gasteiger partial charge in [0.1, 0.15) is 0 Å². The lowest BCUT2D eigenvalue weighted by Gasteiger charge is -2.28. The Morgan fingerprint density at radius 3 is 2.62 bits per heavy atom. The number of nitrogens with two attached hydrogens (primary N) is 1. The SMILES string of the molecule is Nc1nc(Nc2ccc(N3CCOCC3)cc2)nn1-c1cc[nH]c(=O)c1. The molecular weight excluding hydrogens is 334 g/mol. The van der Waals surface area contributed by atoms with Crippen molar-refractivity contribution in [1.82, 2.24) is 19.7 Å². The van der Waals surface area contributed by atoms with Crippen molar-refractivity contribution in [2.24, 2.45) is 0 Å². The summed E-state index contributed by atoms with van der Waals surface area (Å²) in [6.07, 6.45) is 1.54. The Balaban J connectivity index is 1.51. The Labute approximate surface area is 149 Å². The van der Waals surface area contributed by atoms with Gasteiger partial charge >= 0.3 is 0 Å². The van der Waals surface area contributed by atoms with E-state index in [0.717, 1.165) is 37.7 Å². The number of anilines is 4. The largest absolute Gasteiger partial charge is 0.378 e. The highest BCUT2D eigenvalue weighted by molar-refractivity contribution is 5.60. The number of nitrogen functional groups attached to an aromatic ring is 1. The summed E-state index contributed by atoms with van der Waals surface area (Å²) in [4.78, 5) is 20.5. The maximum atomic E-state index is 11.4. The standard InChI is InChI=1S/C17H19N7O2/c18-16-21-17(22-24(16)14-5-6-19-15(25)11-14)20-12-1-3-13(4-2-12)23-7-9-26-10-8-23/h1-6,11H,7-10H2,(H,19,25)(H3,18,20,21,22). The van der Waals surface area contributed by atoms with E-state index in [4.69, 9.17) is 10.5 Å². The molecule has 1 aromatic carbocycles. The topological polar surface area (TPSA) is 114 Å². The maximum Gasteiger partial charge on any atom is 0.250 e. The minimum Gasteiger partial charge on any atom is -0.378 e. The zero-order valence-corrected chi connectivity index (χ0v) is 14.1. The second-order valence-electron chi connectivity index (χ2n) is 5.89. The third-order valence-corrected chi connectivity index (χ3v) is 4.14. The molecule has 0 radical (unpaired) electrons. The second kappa shape index (κ2) is 6.89. The Kier molecular flexibility index (Phi) is 4.28. The van der Waals surface area contributed by atoms with E-state index in [-0.39, 0.29) is 11.5 Å². The summed E-state index contributed by atoms with van der Waals surface area (Å²) < 4.78 is 6.79. The van der Waals surface area contributed by atoms with Gasteiger partial charge < -0.3 is 25.7 Å². The number of aromatic amines is 1. The monoisotopic (exact) mass is 353 g/mol. The molecule has 0 aliphatic carbocycles. The highest BCUT2D eigenvalue weighted by Crippen LogP contribution is 2.21. The zero-order valence-electron chi connectivity index (χ0n) is 14.1. The fourth-order valence-corrected chi connectivity index (χ4v) is 2.84. The van der Waals surface area contributed by atoms with Crippen LogP contribution >= 0.6 is 0 Å². The van der Waals surface area contributed by atoms with Crippen molar-refractivity contribution in [2.75, 3.05) is 42.3 Å². The van der Waals surface area contributed by atoms with Crippen LogP contribution in [0.2, 0.25) is 0 Å². The first-order valence-electron chi connectivity index (χ1n) is 8.30. The van der Waals surface area contributed by atoms with Gasteiger partial charge in [0.15, 0.2) is 0 Å². The minimum absolute atomic E-state index is 0.197. The van der Waals surface area contributed by atoms with Crippen LogP contribution in [0.1, 0.15) is 0 Å². The van der Waals surface area contributed by atoms with Crippen molar-refractivity contribution in [3.8, 4) is 5.69 Å². The van der Waals surface area contributed by atoms with Gasteiger partial charge in [0, 0.05) is 36.7 Å². The number of aromatic nitrogens is 4. The molecule has 1 aliphatic rings. The van der Waals surface area contributed by atoms with Crippen LogP contribution in [0.15, 0.2) is 47.4 Å². The molecule has 134 valence electrons. The number of hydrogen-bond donors (Lipinski definition) is 3. The third-order valence-electron chi connectivity index (χ3n) is 4.14. The van der Waals surface area contributed by atoms with Crippen molar-refractivity contribution >= 4 is 23.3 Å². The number of pyridine rings is 1. The van der Waals surface area contributed by atoms with Crippen LogP contribution in [0.5, 0.6) is 0 Å². The predicted molar refractivity (Wildman–Crippen MR) is 99.1 cm³/mol. The lowest BCUT2D eigenvalue weighted by Crippen LogP contribution is -2.36. The van der Waals surface area contributed by atoms with Gasteiger partial charge in [-0.1, -0.05) is 0 Å². The van der Waals surface area contributed by atoms with Crippen LogP contribution in [0.3, 0.4) is 0 Å². The van der Waals surface area contributed by atoms with Gasteiger partial charge in [-0.05, 0) is 30.3 Å². The van der Waals surface area contributed by atoms with Crippen LogP contribution in [0.4, 0.5) is 23.3 Å². The molecule has 0 saturated carbocycles. The average molecular weight is 353 g/mol. The fraction of sp³-hybridized carbons (Fsp3) is 0.235. The lowest BCUT2D eigenvalue weighted by atomic mass is 10.2. The predicted octanol–water partition coefficient (Wildman–Crippen LogP) is 1.12. The van der Waals surface area contributed by atoms with Gasteiger partial charge in [0.25, 0.3) is 0 Å². The first-order valence-corrected chi connectivity index (χ1v) is 8.30. The normalized spacial score (nSPS) is 14.4. The van der Waals surface area contributed by atoms with Crippen molar-refractivity contribution in [3.05, 3.63) is 52.9 Å². The molecule has 0 unspecified atom stereocenters. The summed E-state index contributed by atoms with van der Waals surface area (Å²) in [6, 6.07) is 11.1. The van der Waals surface area contributed by atoms with E-state index in [1.165, 1.54) is 16.9 Å². The van der Waals surface area contributed by atoms with E-state index in [9.17, 15) is 4.79 Å². The van der Waals surface area contributed by atoms with Crippen molar-refractivity contribution < 1.29 is 4.74 Å². The molecule has 3 heterocycles. The van der Waals surface area contributed by atoms with E-state index >= 15 is 0 Å². The summed E-state index contributed by atoms with van der Waals surface area (Å²) in [5.41, 5.74) is 8.24. The van der Waals surface area contributed by atoms with Crippen molar-refractivity contribution in [2.45, 2.75) is 0 Å². The molecule has 0 atom stereocenters. The third kappa shape index (κ3) is 3.38. The molecule has 1 aliphatic heterocycles. The Hall–Kier alpha value is -3.33. The number of nitrogens with one attached hydrogen (secondary N) is 2. The number of H-pyrrole nitrogens is 1. The molecule has 2 aromatic heterocycles. The molecule has 9 heteroatoms. The smallest absolute Gasteiger partial charge is 0.250 e. The van der Waals surface area contributed by atoms with Crippen LogP contribution < -0.4 is 21.5 Å². The van der Waals surface area contributed by atoms with Crippen molar-refractivity contribution in [3.63, 3.8) is 0 Å². The number of benzene rings is 1. The van der Waals surface area contributed by atoms with Gasteiger partial charge in [0.05, 0.1) is 18.9 Å². The van der Waals surface area contributed by atoms with E-state index in [1.54, 1.807) is 6.07 Å². The molecule has 1 saturated heterocycles. The molecule has 0 bridgehead atoms. The van der Waals surface area contributed by atoms with Gasteiger partial charge in [-0.2, -0.15) is 9.67 Å². The summed E-state index contributed by atoms with van der Waals surface area (Å²) in [7, 11) is 0. The number of ether oxygens (including phenoxy) is 1. The zero-order chi connectivity index (χ0) is 17.9. The number of nitrogens with zero attached hydrogens (tertiary/aromatic N) is 4. The van der Waals surface area contributed by atoms with Crippen molar-refractivity contribution in [1.29, 1.82) is 0 Å². The molecule has 9 nitrogen and oxygen atoms in total. The van der Waals surface area contributed by atoms with E-state index in [0.29, 0.717) is 11.6 Å². The average Bonchev–Trinajstić information content (AvgIpc) is 3.03. The molecular formula is C17H19N7O2. The molecule has 26 heavy (non-hydrogen) atoms. The summed E-state index contributed by atoms with van der Waals surface area (Å²) >= 11 is 0. The molecule has 4 N–H and O–H groups in total. The number of morpholine rings is 1. The maximum absolute atomic E-state index is 11.4. The first kappa shape index (κ1) is 16.2. The van der Waals surface area contributed by atoms with E-state index < -0.39 is 0 Å². The lowest BCUT2D eigenvalue weighted by molar-refractivity contribution is 0.122. The Bertz CT molecular complexity index is 942. The minimum atomic E-state index is -0.231. The van der Waals surface area contributed by atoms with Crippen LogP contribution in [0.25, 0.3) is 5.69 Å². The number of hydrogen-bond acceptors (Lipinski definition) is 7. The van der Waals surface area contributed by atoms with E-state index in [1.807, 2.05) is 24.3 Å². The highest BCUT2D eigenvalue weighted by atomic mass is 16.5. The Morgan fingerprint density at radius 1 is 1.12 bits per heavy atom. The fourth-order valence-electron chi connectivity index (χ4n) is 2.84. The first-order chi connectivity index (χ1) is 12.7. The van der Waals surface area contributed by atoms with Crippen LogP contribution in [-0.2, 0) is 4.74 Å². The van der Waals surface area contributed by atoms with Gasteiger partial charge in [-0.3, -0.25) is 4.79 Å². The summed E-state index contributed by atoms with van der Waals surface area (Å²) in [5, 5.41) is 7.45. The number of rotatable bonds is 4.